The fraction of sp³-hybridized carbons (Fsp3) is 0.611. The molecule has 8 N–H and O–H groups in total. The van der Waals surface area contributed by atoms with E-state index in [1.165, 1.54) is 11.0 Å². The molecular formula is C54H79F3N12O13. The summed E-state index contributed by atoms with van der Waals surface area (Å²) in [6, 6.07) is 9.47. The second kappa shape index (κ2) is 33.3. The number of aliphatic hydroxyl groups is 2. The lowest BCUT2D eigenvalue weighted by Gasteiger charge is -2.43. The number of aliphatic carboxylic acids is 3. The Bertz CT molecular complexity index is 2540. The Morgan fingerprint density at radius 2 is 1.29 bits per heavy atom. The number of aromatic nitrogens is 3. The normalized spacial score (nSPS) is 17.2. The van der Waals surface area contributed by atoms with Gasteiger partial charge in [0.15, 0.2) is 5.69 Å². The fourth-order valence-corrected chi connectivity index (χ4v) is 9.68. The maximum atomic E-state index is 14.2. The first-order valence-electron chi connectivity index (χ1n) is 27.7. The number of carboxylic acids is 3. The van der Waals surface area contributed by atoms with Gasteiger partial charge in [0.2, 0.25) is 23.6 Å². The number of alkyl halides is 3. The topological polar surface area (TPSA) is 316 Å². The first kappa shape index (κ1) is 66.0. The van der Waals surface area contributed by atoms with Crippen LogP contribution in [0.15, 0.2) is 42.6 Å². The summed E-state index contributed by atoms with van der Waals surface area (Å²) in [5.74, 6) is -4.64. The number of carbonyl (C=O) groups is 6. The minimum Gasteiger partial charge on any atom is -0.480 e. The van der Waals surface area contributed by atoms with Crippen molar-refractivity contribution in [2.75, 3.05) is 136 Å². The van der Waals surface area contributed by atoms with Crippen molar-refractivity contribution in [1.82, 2.24) is 55.4 Å². The van der Waals surface area contributed by atoms with Crippen LogP contribution < -0.4 is 30.3 Å². The summed E-state index contributed by atoms with van der Waals surface area (Å²) >= 11 is 0. The molecule has 3 aromatic heterocycles. The highest BCUT2D eigenvalue weighted by molar-refractivity contribution is 5.96. The molecule has 0 saturated carbocycles. The number of rotatable bonds is 29. The van der Waals surface area contributed by atoms with Gasteiger partial charge in [-0.25, -0.2) is 15.0 Å². The van der Waals surface area contributed by atoms with E-state index in [2.05, 4.69) is 30.8 Å². The molecule has 5 heterocycles. The van der Waals surface area contributed by atoms with Crippen LogP contribution in [0.5, 0.6) is 11.8 Å². The number of halogens is 3. The van der Waals surface area contributed by atoms with Crippen LogP contribution in [0.2, 0.25) is 0 Å². The highest BCUT2D eigenvalue weighted by Crippen LogP contribution is 2.35. The molecule has 3 amide bonds. The molecule has 28 heteroatoms. The van der Waals surface area contributed by atoms with Gasteiger partial charge >= 0.3 is 24.1 Å². The lowest BCUT2D eigenvalue weighted by atomic mass is 10.0. The number of nitrogens with one attached hydrogen (secondary N) is 3. The maximum Gasteiger partial charge on any atom is 0.434 e. The zero-order valence-electron chi connectivity index (χ0n) is 46.8. The number of anilines is 1. The third-order valence-corrected chi connectivity index (χ3v) is 13.8. The quantitative estimate of drug-likeness (QED) is 0.0453. The van der Waals surface area contributed by atoms with Crippen LogP contribution in [-0.2, 0) is 36.7 Å². The number of pyridine rings is 3. The summed E-state index contributed by atoms with van der Waals surface area (Å²) < 4.78 is 53.5. The van der Waals surface area contributed by atoms with E-state index >= 15 is 0 Å². The van der Waals surface area contributed by atoms with Gasteiger partial charge in [0.1, 0.15) is 0 Å². The fourth-order valence-electron chi connectivity index (χ4n) is 9.68. The monoisotopic (exact) mass is 1160 g/mol. The van der Waals surface area contributed by atoms with Crippen molar-refractivity contribution in [3.63, 3.8) is 0 Å². The molecule has 454 valence electrons. The number of hydrogen-bond donors (Lipinski definition) is 8. The molecule has 0 aliphatic carbocycles. The molecule has 0 spiro atoms. The summed E-state index contributed by atoms with van der Waals surface area (Å²) in [6.45, 7) is 8.38. The molecule has 82 heavy (non-hydrogen) atoms. The van der Waals surface area contributed by atoms with Crippen molar-refractivity contribution in [2.45, 2.75) is 83.8 Å². The molecule has 3 atom stereocenters. The van der Waals surface area contributed by atoms with E-state index in [1.807, 2.05) is 32.0 Å². The van der Waals surface area contributed by atoms with E-state index in [-0.39, 0.29) is 149 Å². The van der Waals surface area contributed by atoms with Gasteiger partial charge in [-0.1, -0.05) is 6.92 Å². The third kappa shape index (κ3) is 21.8. The molecule has 2 aliphatic heterocycles. The van der Waals surface area contributed by atoms with Crippen molar-refractivity contribution < 1.29 is 76.9 Å². The Morgan fingerprint density at radius 1 is 0.695 bits per heavy atom. The van der Waals surface area contributed by atoms with Gasteiger partial charge in [-0.15, -0.1) is 0 Å². The van der Waals surface area contributed by atoms with Crippen molar-refractivity contribution in [1.29, 1.82) is 0 Å². The minimum atomic E-state index is -4.89. The summed E-state index contributed by atoms with van der Waals surface area (Å²) in [5, 5.41) is 58.7. The summed E-state index contributed by atoms with van der Waals surface area (Å²) in [7, 11) is 0. The average molecular weight is 1160 g/mol. The number of nitrogens with zero attached hydrogens (tertiary/aromatic N) is 9. The standard InChI is InChI=1S/C54H79F3N12O13/c1-4-37-32-68(53(80)41-10-13-47(81-5-2)63-51(41)54(55,56)57)27-28-69(37)44-12-11-42(40-9-7-16-61-52(40)82-6-3)62-43(44)31-58-15-8-17-59-45(72)30-39(71)29-38(70)14-18-60-46(73)33-64-19-21-65(34-48(74)75)23-25-67(36-50(78)79)26-24-66(22-20-64)35-49(76)77/h7,9-13,16,37-39,58,70-71H,4-6,8,14-15,17-36H2,1-3H3,(H,59,72)(H,60,73)(H,74,75)(H,76,77)(H,78,79)/t37-,38?,39?/m1/s1. The number of ether oxygens (including phenoxy) is 2. The van der Waals surface area contributed by atoms with Crippen molar-refractivity contribution in [2.24, 2.45) is 0 Å². The summed E-state index contributed by atoms with van der Waals surface area (Å²) in [4.78, 5) is 97.7. The number of amides is 3. The number of aliphatic hydroxyl groups excluding tert-OH is 2. The molecule has 3 aromatic rings. The molecule has 2 saturated heterocycles. The molecule has 0 aromatic carbocycles. The van der Waals surface area contributed by atoms with Gasteiger partial charge in [-0.2, -0.15) is 13.2 Å². The van der Waals surface area contributed by atoms with Crippen LogP contribution in [0, 0.1) is 0 Å². The van der Waals surface area contributed by atoms with Gasteiger partial charge in [0.25, 0.3) is 5.91 Å². The highest BCUT2D eigenvalue weighted by Gasteiger charge is 2.40. The SMILES string of the molecule is CCOc1ccc(C(=O)N2CCN(c3ccc(-c4cccnc4OCC)nc3CNCCCNC(=O)CC(O)CC(O)CCNC(=O)CN3CCN(CC(=O)O)CCN(CC(=O)O)CCN(CC(=O)O)CC3)[C@H](CC)C2)c(C(F)(F)F)n1. The van der Waals surface area contributed by atoms with E-state index in [0.29, 0.717) is 55.4 Å². The predicted molar refractivity (Wildman–Crippen MR) is 293 cm³/mol. The molecule has 25 nitrogen and oxygen atoms in total. The summed E-state index contributed by atoms with van der Waals surface area (Å²) in [6.07, 6.45) is -4.82. The number of piperazine rings is 1. The average Bonchev–Trinajstić information content (AvgIpc) is 3.63. The van der Waals surface area contributed by atoms with E-state index in [9.17, 15) is 67.5 Å². The molecule has 2 fully saturated rings. The smallest absolute Gasteiger partial charge is 0.434 e. The molecule has 5 rings (SSSR count). The zero-order chi connectivity index (χ0) is 59.8. The molecular weight excluding hydrogens is 1080 g/mol. The van der Waals surface area contributed by atoms with E-state index in [0.717, 1.165) is 11.8 Å². The lowest BCUT2D eigenvalue weighted by Crippen LogP contribution is -2.55. The first-order valence-corrected chi connectivity index (χ1v) is 27.7. The number of hydrogen-bond acceptors (Lipinski definition) is 19. The lowest BCUT2D eigenvalue weighted by molar-refractivity contribution is -0.142. The van der Waals surface area contributed by atoms with Crippen LogP contribution in [0.1, 0.15) is 74.6 Å². The van der Waals surface area contributed by atoms with E-state index < -0.39 is 65.3 Å². The van der Waals surface area contributed by atoms with Crippen LogP contribution in [0.4, 0.5) is 18.9 Å². The predicted octanol–water partition coefficient (Wildman–Crippen LogP) is 1.18. The Kier molecular flexibility index (Phi) is 26.8. The minimum absolute atomic E-state index is 0.0456. The Morgan fingerprint density at radius 3 is 1.87 bits per heavy atom. The van der Waals surface area contributed by atoms with Crippen LogP contribution in [0.3, 0.4) is 0 Å². The molecule has 2 unspecified atom stereocenters. The Balaban J connectivity index is 1.10. The van der Waals surface area contributed by atoms with Crippen molar-refractivity contribution in [3.05, 3.63) is 59.5 Å². The summed E-state index contributed by atoms with van der Waals surface area (Å²) in [5.41, 5.74) is 0.813. The highest BCUT2D eigenvalue weighted by atomic mass is 19.4. The maximum absolute atomic E-state index is 14.2. The van der Waals surface area contributed by atoms with Gasteiger partial charge in [-0.3, -0.25) is 48.4 Å². The zero-order valence-corrected chi connectivity index (χ0v) is 46.8. The van der Waals surface area contributed by atoms with Crippen molar-refractivity contribution in [3.8, 4) is 23.0 Å². The Hall–Kier alpha value is -6.82. The second-order valence-electron chi connectivity index (χ2n) is 20.0. The van der Waals surface area contributed by atoms with E-state index in [1.54, 1.807) is 38.8 Å². The largest absolute Gasteiger partial charge is 0.480 e. The number of carboxylic acid groups (broad SMARTS) is 3. The van der Waals surface area contributed by atoms with Crippen LogP contribution >= 0.6 is 0 Å². The van der Waals surface area contributed by atoms with Crippen LogP contribution in [0.25, 0.3) is 11.3 Å². The van der Waals surface area contributed by atoms with Crippen LogP contribution in [-0.4, -0.2) is 250 Å². The molecule has 0 bridgehead atoms. The van der Waals surface area contributed by atoms with Gasteiger partial charge in [-0.05, 0) is 76.4 Å². The van der Waals surface area contributed by atoms with Gasteiger partial charge in [0, 0.05) is 110 Å². The van der Waals surface area contributed by atoms with Crippen molar-refractivity contribution >= 4 is 41.3 Å². The molecule has 0 radical (unpaired) electrons. The third-order valence-electron chi connectivity index (χ3n) is 13.8. The van der Waals surface area contributed by atoms with Gasteiger partial charge < -0.3 is 60.8 Å². The first-order chi connectivity index (χ1) is 39.2. The molecule has 2 aliphatic rings. The number of carbonyl (C=O) groups excluding carboxylic acids is 3. The second-order valence-corrected chi connectivity index (χ2v) is 20.0. The van der Waals surface area contributed by atoms with E-state index in [4.69, 9.17) is 14.5 Å². The van der Waals surface area contributed by atoms with Gasteiger partial charge in [0.05, 0.1) is 86.2 Å². The Labute approximate surface area is 474 Å².